The molecule has 7 heteroatoms. The van der Waals surface area contributed by atoms with E-state index in [2.05, 4.69) is 0 Å². The van der Waals surface area contributed by atoms with Crippen molar-refractivity contribution in [2.24, 2.45) is 0 Å². The van der Waals surface area contributed by atoms with E-state index >= 15 is 0 Å². The van der Waals surface area contributed by atoms with Crippen molar-refractivity contribution in [2.75, 3.05) is 14.2 Å². The molecule has 0 unspecified atom stereocenters. The van der Waals surface area contributed by atoms with E-state index in [1.807, 2.05) is 143 Å². The summed E-state index contributed by atoms with van der Waals surface area (Å²) < 4.78 is 14.5. The van der Waals surface area contributed by atoms with Crippen LogP contribution in [0.3, 0.4) is 0 Å². The predicted molar refractivity (Wildman–Crippen MR) is 191 cm³/mol. The molecule has 1 saturated carbocycles. The van der Waals surface area contributed by atoms with Gasteiger partial charge in [-0.05, 0) is 111 Å². The molecule has 7 nitrogen and oxygen atoms in total. The van der Waals surface area contributed by atoms with Crippen LogP contribution in [0.4, 0.5) is 0 Å². The summed E-state index contributed by atoms with van der Waals surface area (Å²) in [5.41, 5.74) is 8.76. The summed E-state index contributed by atoms with van der Waals surface area (Å²) >= 11 is 0. The lowest BCUT2D eigenvalue weighted by atomic mass is 9.96. The zero-order valence-corrected chi connectivity index (χ0v) is 27.0. The van der Waals surface area contributed by atoms with Gasteiger partial charge in [-0.15, -0.1) is 0 Å². The second kappa shape index (κ2) is 13.8. The van der Waals surface area contributed by atoms with Gasteiger partial charge in [-0.3, -0.25) is 4.79 Å². The minimum Gasteiger partial charge on any atom is -0.497 e. The highest BCUT2D eigenvalue weighted by atomic mass is 16.5. The number of nitrogens with zero attached hydrogens (tertiary/aromatic N) is 4. The number of ether oxygens (including phenoxy) is 2. The summed E-state index contributed by atoms with van der Waals surface area (Å²) in [5, 5.41) is 9.96. The lowest BCUT2D eigenvalue weighted by molar-refractivity contribution is -0.112. The van der Waals surface area contributed by atoms with Crippen molar-refractivity contribution in [2.45, 2.75) is 25.7 Å². The number of hydrogen-bond acceptors (Lipinski definition) is 5. The molecule has 0 aliphatic heterocycles. The largest absolute Gasteiger partial charge is 0.497 e. The van der Waals surface area contributed by atoms with Crippen LogP contribution in [-0.4, -0.2) is 39.6 Å². The highest BCUT2D eigenvalue weighted by Crippen LogP contribution is 2.33. The van der Waals surface area contributed by atoms with Gasteiger partial charge in [0.2, 0.25) is 0 Å². The van der Waals surface area contributed by atoms with E-state index in [4.69, 9.17) is 19.7 Å². The van der Waals surface area contributed by atoms with E-state index in [1.54, 1.807) is 14.2 Å². The van der Waals surface area contributed by atoms with Gasteiger partial charge in [0.1, 0.15) is 11.5 Å². The third-order valence-corrected chi connectivity index (χ3v) is 8.64. The summed E-state index contributed by atoms with van der Waals surface area (Å²) in [7, 11) is 3.31. The topological polar surface area (TPSA) is 71.2 Å². The molecule has 0 atom stereocenters. The molecular weight excluding hydrogens is 596 g/mol. The maximum absolute atomic E-state index is 14.3. The second-order valence-corrected chi connectivity index (χ2v) is 11.8. The smallest absolute Gasteiger partial charge is 0.185 e. The average molecular weight is 633 g/mol. The van der Waals surface area contributed by atoms with Crippen molar-refractivity contribution in [3.05, 3.63) is 144 Å². The van der Waals surface area contributed by atoms with Gasteiger partial charge >= 0.3 is 0 Å². The number of methoxy groups -OCH3 is 2. The van der Waals surface area contributed by atoms with Crippen LogP contribution < -0.4 is 9.47 Å². The van der Waals surface area contributed by atoms with Crippen molar-refractivity contribution in [3.63, 3.8) is 0 Å². The normalized spacial score (nSPS) is 15.1. The number of aromatic nitrogens is 4. The van der Waals surface area contributed by atoms with Crippen LogP contribution in [0.5, 0.6) is 11.5 Å². The number of carbonyl (C=O) groups is 1. The Morgan fingerprint density at radius 3 is 1.33 bits per heavy atom. The van der Waals surface area contributed by atoms with Crippen LogP contribution in [0.2, 0.25) is 0 Å². The monoisotopic (exact) mass is 632 g/mol. The van der Waals surface area contributed by atoms with Crippen LogP contribution in [0, 0.1) is 0 Å². The van der Waals surface area contributed by atoms with Gasteiger partial charge in [0.25, 0.3) is 0 Å². The fraction of sp³-hybridized carbons (Fsp3) is 0.146. The Bertz CT molecular complexity index is 1940. The van der Waals surface area contributed by atoms with Crippen molar-refractivity contribution >= 4 is 17.9 Å². The van der Waals surface area contributed by atoms with Gasteiger partial charge in [0.05, 0.1) is 37.0 Å². The molecule has 48 heavy (non-hydrogen) atoms. The minimum absolute atomic E-state index is 0.0637. The van der Waals surface area contributed by atoms with Gasteiger partial charge in [0, 0.05) is 45.8 Å². The summed E-state index contributed by atoms with van der Waals surface area (Å²) in [6.45, 7) is 0. The van der Waals surface area contributed by atoms with Crippen molar-refractivity contribution in [3.8, 4) is 45.4 Å². The molecule has 2 aromatic heterocycles. The molecule has 2 heterocycles. The first-order valence-electron chi connectivity index (χ1n) is 16.1. The number of hydrogen-bond donors (Lipinski definition) is 0. The van der Waals surface area contributed by atoms with E-state index in [-0.39, 0.29) is 5.78 Å². The Morgan fingerprint density at radius 2 is 0.958 bits per heavy atom. The fourth-order valence-electron chi connectivity index (χ4n) is 6.07. The van der Waals surface area contributed by atoms with Gasteiger partial charge in [0.15, 0.2) is 5.78 Å². The first-order chi connectivity index (χ1) is 23.6. The fourth-order valence-corrected chi connectivity index (χ4v) is 6.07. The van der Waals surface area contributed by atoms with Crippen LogP contribution in [-0.2, 0) is 4.79 Å². The highest BCUT2D eigenvalue weighted by molar-refractivity contribution is 6.14. The second-order valence-electron chi connectivity index (χ2n) is 11.8. The molecule has 1 fully saturated rings. The van der Waals surface area contributed by atoms with Crippen LogP contribution in [0.1, 0.15) is 36.8 Å². The third-order valence-electron chi connectivity index (χ3n) is 8.64. The first-order valence-corrected chi connectivity index (χ1v) is 16.1. The number of carbonyl (C=O) groups excluding carboxylic acids is 1. The van der Waals surface area contributed by atoms with Gasteiger partial charge in [-0.1, -0.05) is 36.4 Å². The molecule has 0 amide bonds. The van der Waals surface area contributed by atoms with Crippen LogP contribution in [0.15, 0.2) is 133 Å². The predicted octanol–water partition coefficient (Wildman–Crippen LogP) is 9.02. The molecule has 4 aromatic carbocycles. The molecule has 1 aliphatic carbocycles. The summed E-state index contributed by atoms with van der Waals surface area (Å²) in [6, 6.07) is 35.8. The quantitative estimate of drug-likeness (QED) is 0.124. The maximum atomic E-state index is 14.3. The Kier molecular flexibility index (Phi) is 8.83. The number of rotatable bonds is 8. The summed E-state index contributed by atoms with van der Waals surface area (Å²) in [6.07, 6.45) is 11.3. The molecule has 0 spiro atoms. The molecule has 238 valence electrons. The number of Topliss-reactive ketones (excluding diaryl/α,β-unsaturated/α-hetero) is 1. The lowest BCUT2D eigenvalue weighted by Gasteiger charge is -2.07. The number of allylic oxidation sites excluding steroid dienone is 2. The SMILES string of the molecule is COc1ccc(-c2nn(-c3ccccc3)cc2/C=C2\CCCC/C(=C\c3cn(-c4ccccc4)nc3-c3ccc(OC)cc3)C2=O)cc1. The molecule has 0 N–H and O–H groups in total. The number of ketones is 1. The summed E-state index contributed by atoms with van der Waals surface area (Å²) in [5.74, 6) is 1.62. The first kappa shape index (κ1) is 30.7. The standard InChI is InChI=1S/C41H36N4O3/c1-47-37-21-17-29(18-22-37)39-33(27-44(42-39)35-13-5-3-6-14-35)25-31-11-9-10-12-32(41(31)46)26-34-28-45(36-15-7-4-8-16-36)43-40(34)30-19-23-38(48-2)24-20-30/h3-8,13-28H,9-12H2,1-2H3/b31-25+,32-26+. The molecule has 0 saturated heterocycles. The van der Waals surface area contributed by atoms with Crippen LogP contribution in [0.25, 0.3) is 46.0 Å². The lowest BCUT2D eigenvalue weighted by Crippen LogP contribution is -2.04. The van der Waals surface area contributed by atoms with Crippen molar-refractivity contribution in [1.82, 2.24) is 19.6 Å². The zero-order valence-electron chi connectivity index (χ0n) is 27.0. The minimum atomic E-state index is 0.0637. The van der Waals surface area contributed by atoms with Gasteiger partial charge in [-0.25, -0.2) is 9.36 Å². The zero-order chi connectivity index (χ0) is 32.9. The Hall–Kier alpha value is -5.95. The Morgan fingerprint density at radius 1 is 0.562 bits per heavy atom. The number of para-hydroxylation sites is 2. The van der Waals surface area contributed by atoms with E-state index < -0.39 is 0 Å². The van der Waals surface area contributed by atoms with Crippen molar-refractivity contribution < 1.29 is 14.3 Å². The third kappa shape index (κ3) is 6.48. The Balaban J connectivity index is 1.30. The molecule has 7 rings (SSSR count). The van der Waals surface area contributed by atoms with Gasteiger partial charge in [-0.2, -0.15) is 10.2 Å². The molecule has 6 aromatic rings. The summed E-state index contributed by atoms with van der Waals surface area (Å²) in [4.78, 5) is 14.3. The Labute approximate surface area is 280 Å². The average Bonchev–Trinajstić information content (AvgIpc) is 3.73. The molecular formula is C41H36N4O3. The highest BCUT2D eigenvalue weighted by Gasteiger charge is 2.22. The molecule has 0 radical (unpaired) electrons. The molecule has 1 aliphatic rings. The van der Waals surface area contributed by atoms with Crippen LogP contribution >= 0.6 is 0 Å². The van der Waals surface area contributed by atoms with E-state index in [9.17, 15) is 4.79 Å². The van der Waals surface area contributed by atoms with Gasteiger partial charge < -0.3 is 9.47 Å². The number of benzene rings is 4. The van der Waals surface area contributed by atoms with Crippen molar-refractivity contribution in [1.29, 1.82) is 0 Å². The van der Waals surface area contributed by atoms with E-state index in [0.29, 0.717) is 12.8 Å². The van der Waals surface area contributed by atoms with E-state index in [0.717, 1.165) is 80.5 Å². The maximum Gasteiger partial charge on any atom is 0.185 e. The molecule has 0 bridgehead atoms. The van der Waals surface area contributed by atoms with E-state index in [1.165, 1.54) is 0 Å².